The van der Waals surface area contributed by atoms with E-state index in [9.17, 15) is 23.1 Å². The lowest BCUT2D eigenvalue weighted by molar-refractivity contribution is -0.270. The fourth-order valence-corrected chi connectivity index (χ4v) is 1.68. The number of alkyl halides is 3. The molecule has 0 saturated carbocycles. The number of hydrogen-bond acceptors (Lipinski definition) is 3. The van der Waals surface area contributed by atoms with Crippen LogP contribution in [0.25, 0.3) is 0 Å². The lowest BCUT2D eigenvalue weighted by Crippen LogP contribution is -3.00. The van der Waals surface area contributed by atoms with E-state index in [0.29, 0.717) is 6.42 Å². The number of rotatable bonds is 8. The maximum absolute atomic E-state index is 12.7. The van der Waals surface area contributed by atoms with Crippen molar-refractivity contribution < 1.29 is 40.6 Å². The van der Waals surface area contributed by atoms with Crippen molar-refractivity contribution in [1.29, 1.82) is 0 Å². The van der Waals surface area contributed by atoms with Gasteiger partial charge >= 0.3 is 12.1 Å². The van der Waals surface area contributed by atoms with Crippen LogP contribution in [-0.4, -0.2) is 34.0 Å². The van der Waals surface area contributed by atoms with E-state index in [1.54, 1.807) is 0 Å². The first-order valence-electron chi connectivity index (χ1n) is 5.94. The van der Waals surface area contributed by atoms with E-state index >= 15 is 0 Å². The van der Waals surface area contributed by atoms with Crippen molar-refractivity contribution in [3.63, 3.8) is 0 Å². The second-order valence-corrected chi connectivity index (χ2v) is 4.40. The molecule has 8 heteroatoms. The lowest BCUT2D eigenvalue weighted by atomic mass is 9.87. The molecule has 0 fully saturated rings. The van der Waals surface area contributed by atoms with Crippen LogP contribution in [0.15, 0.2) is 0 Å². The molecule has 0 amide bonds. The molecule has 0 saturated heterocycles. The molecule has 0 aromatic rings. The van der Waals surface area contributed by atoms with Crippen molar-refractivity contribution in [2.24, 2.45) is 5.73 Å². The maximum Gasteiger partial charge on any atom is 0.419 e. The van der Waals surface area contributed by atoms with Crippen molar-refractivity contribution in [3.8, 4) is 0 Å². The Bertz CT molecular complexity index is 276. The number of carboxylic acids is 1. The van der Waals surface area contributed by atoms with Crippen LogP contribution in [0.3, 0.4) is 0 Å². The van der Waals surface area contributed by atoms with Crippen molar-refractivity contribution in [1.82, 2.24) is 0 Å². The molecule has 4 nitrogen and oxygen atoms in total. The van der Waals surface area contributed by atoms with Crippen molar-refractivity contribution in [2.75, 3.05) is 0 Å². The quantitative estimate of drug-likeness (QED) is 0.505. The van der Waals surface area contributed by atoms with Gasteiger partial charge in [-0.25, -0.2) is 0 Å². The fraction of sp³-hybridized carbons (Fsp3) is 0.909. The molecule has 0 aromatic heterocycles. The summed E-state index contributed by atoms with van der Waals surface area (Å²) in [6.07, 6.45) is -2.53. The molecule has 116 valence electrons. The summed E-state index contributed by atoms with van der Waals surface area (Å²) in [5.74, 6) is -1.86. The monoisotopic (exact) mass is 306 g/mol. The molecule has 0 heterocycles. The number of aliphatic hydroxyl groups is 1. The standard InChI is InChI=1S/C11H20F3NO3.ClH/c1-2-3-4-5-6-7-10(18,11(12,13)14)8(15)9(16)17;/h8,18H,2-7,15H2,1H3,(H,16,17);1H/p-1. The first-order chi connectivity index (χ1) is 8.16. The van der Waals surface area contributed by atoms with E-state index in [1.165, 1.54) is 0 Å². The summed E-state index contributed by atoms with van der Waals surface area (Å²) in [7, 11) is 0. The first-order valence-corrected chi connectivity index (χ1v) is 5.94. The highest BCUT2D eigenvalue weighted by Gasteiger charge is 2.59. The van der Waals surface area contributed by atoms with Crippen LogP contribution < -0.4 is 18.1 Å². The fourth-order valence-electron chi connectivity index (χ4n) is 1.68. The summed E-state index contributed by atoms with van der Waals surface area (Å²) in [6, 6.07) is -2.36. The van der Waals surface area contributed by atoms with E-state index in [1.807, 2.05) is 6.92 Å². The topological polar surface area (TPSA) is 83.5 Å². The Kier molecular flexibility index (Phi) is 9.41. The molecule has 0 radical (unpaired) electrons. The van der Waals surface area contributed by atoms with Gasteiger partial charge in [0.15, 0.2) is 5.60 Å². The zero-order valence-electron chi connectivity index (χ0n) is 10.7. The predicted molar refractivity (Wildman–Crippen MR) is 60.0 cm³/mol. The number of carboxylic acid groups (broad SMARTS) is 1. The minimum absolute atomic E-state index is 0. The Hall–Kier alpha value is -0.530. The largest absolute Gasteiger partial charge is 1.00 e. The minimum atomic E-state index is -5.05. The van der Waals surface area contributed by atoms with Crippen LogP contribution in [0, 0.1) is 0 Å². The maximum atomic E-state index is 12.7. The van der Waals surface area contributed by atoms with Crippen LogP contribution in [0.1, 0.15) is 45.4 Å². The molecule has 2 unspecified atom stereocenters. The first kappa shape index (κ1) is 20.8. The van der Waals surface area contributed by atoms with E-state index in [-0.39, 0.29) is 18.8 Å². The van der Waals surface area contributed by atoms with Crippen molar-refractivity contribution in [2.45, 2.75) is 63.3 Å². The van der Waals surface area contributed by atoms with Crippen molar-refractivity contribution in [3.05, 3.63) is 0 Å². The minimum Gasteiger partial charge on any atom is -1.00 e. The third kappa shape index (κ3) is 5.97. The highest BCUT2D eigenvalue weighted by Crippen LogP contribution is 2.36. The van der Waals surface area contributed by atoms with Gasteiger partial charge in [-0.1, -0.05) is 39.0 Å². The third-order valence-electron chi connectivity index (χ3n) is 2.93. The molecule has 0 rings (SSSR count). The van der Waals surface area contributed by atoms with Crippen LogP contribution in [-0.2, 0) is 4.79 Å². The number of hydrogen-bond donors (Lipinski definition) is 3. The summed E-state index contributed by atoms with van der Waals surface area (Å²) in [5.41, 5.74) is 1.60. The van der Waals surface area contributed by atoms with E-state index in [2.05, 4.69) is 0 Å². The Labute approximate surface area is 116 Å². The Morgan fingerprint density at radius 2 is 1.68 bits per heavy atom. The Balaban J connectivity index is 0. The second-order valence-electron chi connectivity index (χ2n) is 4.40. The molecule has 0 aliphatic rings. The average Bonchev–Trinajstić information content (AvgIpc) is 2.25. The smallest absolute Gasteiger partial charge is 0.419 e. The van der Waals surface area contributed by atoms with Gasteiger partial charge in [0.2, 0.25) is 0 Å². The van der Waals surface area contributed by atoms with Crippen molar-refractivity contribution >= 4 is 5.97 Å². The normalized spacial score (nSPS) is 16.3. The zero-order valence-corrected chi connectivity index (χ0v) is 11.5. The number of unbranched alkanes of at least 4 members (excludes halogenated alkanes) is 4. The third-order valence-corrected chi connectivity index (χ3v) is 2.93. The molecular formula is C11H20ClF3NO3-. The summed E-state index contributed by atoms with van der Waals surface area (Å²) in [6.45, 7) is 1.96. The summed E-state index contributed by atoms with van der Waals surface area (Å²) >= 11 is 0. The molecule has 19 heavy (non-hydrogen) atoms. The predicted octanol–water partition coefficient (Wildman–Crippen LogP) is -0.944. The summed E-state index contributed by atoms with van der Waals surface area (Å²) < 4.78 is 38.1. The van der Waals surface area contributed by atoms with Gasteiger partial charge < -0.3 is 28.4 Å². The van der Waals surface area contributed by atoms with Gasteiger partial charge in [-0.3, -0.25) is 4.79 Å². The van der Waals surface area contributed by atoms with Crippen LogP contribution in [0.5, 0.6) is 0 Å². The van der Waals surface area contributed by atoms with Gasteiger partial charge in [0.25, 0.3) is 0 Å². The molecule has 4 N–H and O–H groups in total. The zero-order chi connectivity index (χ0) is 14.4. The van der Waals surface area contributed by atoms with Gasteiger partial charge in [-0.15, -0.1) is 0 Å². The van der Waals surface area contributed by atoms with Crippen LogP contribution >= 0.6 is 0 Å². The van der Waals surface area contributed by atoms with E-state index in [0.717, 1.165) is 19.3 Å². The van der Waals surface area contributed by atoms with Gasteiger partial charge in [-0.2, -0.15) is 13.2 Å². The number of halogens is 4. The summed E-state index contributed by atoms with van der Waals surface area (Å²) in [5, 5.41) is 18.0. The van der Waals surface area contributed by atoms with Gasteiger partial charge in [-0.05, 0) is 6.42 Å². The molecule has 0 aliphatic heterocycles. The molecule has 0 aromatic carbocycles. The lowest BCUT2D eigenvalue weighted by Gasteiger charge is -2.33. The second kappa shape index (κ2) is 8.60. The summed E-state index contributed by atoms with van der Waals surface area (Å²) in [4.78, 5) is 10.5. The molecule has 0 spiro atoms. The molecule has 2 atom stereocenters. The number of carbonyl (C=O) groups is 1. The highest BCUT2D eigenvalue weighted by molar-refractivity contribution is 5.75. The molecule has 0 bridgehead atoms. The van der Waals surface area contributed by atoms with Gasteiger partial charge in [0.1, 0.15) is 6.04 Å². The van der Waals surface area contributed by atoms with Gasteiger partial charge in [0, 0.05) is 0 Å². The number of nitrogens with two attached hydrogens (primary N) is 1. The average molecular weight is 307 g/mol. The van der Waals surface area contributed by atoms with Crippen LogP contribution in [0.4, 0.5) is 13.2 Å². The van der Waals surface area contributed by atoms with Crippen LogP contribution in [0.2, 0.25) is 0 Å². The molecule has 0 aliphatic carbocycles. The van der Waals surface area contributed by atoms with E-state index in [4.69, 9.17) is 10.8 Å². The SMILES string of the molecule is CCCCCCCC(O)(C(N)C(=O)O)C(F)(F)F.[Cl-]. The number of aliphatic carboxylic acids is 1. The highest BCUT2D eigenvalue weighted by atomic mass is 35.5. The Morgan fingerprint density at radius 1 is 1.21 bits per heavy atom. The molecular weight excluding hydrogens is 287 g/mol. The van der Waals surface area contributed by atoms with Gasteiger partial charge in [0.05, 0.1) is 0 Å². The van der Waals surface area contributed by atoms with E-state index < -0.39 is 30.2 Å². The Morgan fingerprint density at radius 3 is 2.05 bits per heavy atom.